The zero-order valence-corrected chi connectivity index (χ0v) is 9.20. The number of quaternary nitrogens is 1. The maximum atomic E-state index is 9.90. The van der Waals surface area contributed by atoms with Gasteiger partial charge in [0.05, 0.1) is 19.8 Å². The second-order valence-corrected chi connectivity index (χ2v) is 4.76. The van der Waals surface area contributed by atoms with Gasteiger partial charge < -0.3 is 29.6 Å². The zero-order valence-electron chi connectivity index (χ0n) is 9.20. The minimum absolute atomic E-state index is 0.190. The van der Waals surface area contributed by atoms with Crippen LogP contribution in [0.3, 0.4) is 0 Å². The van der Waals surface area contributed by atoms with E-state index in [1.165, 1.54) is 0 Å². The van der Waals surface area contributed by atoms with Gasteiger partial charge in [0.15, 0.2) is 0 Å². The number of hydrogen-bond acceptors (Lipinski definition) is 5. The van der Waals surface area contributed by atoms with E-state index in [-0.39, 0.29) is 6.61 Å². The first-order chi connectivity index (χ1) is 7.60. The summed E-state index contributed by atoms with van der Waals surface area (Å²) >= 11 is 0. The highest BCUT2D eigenvalue weighted by Crippen LogP contribution is 2.28. The summed E-state index contributed by atoms with van der Waals surface area (Å²) in [7, 11) is 0. The molecule has 1 spiro atoms. The van der Waals surface area contributed by atoms with E-state index >= 15 is 0 Å². The first kappa shape index (κ1) is 12.2. The Hall–Kier alpha value is -0.240. The van der Waals surface area contributed by atoms with Gasteiger partial charge in [0.1, 0.15) is 44.0 Å². The third-order valence-electron chi connectivity index (χ3n) is 3.94. The molecule has 0 unspecified atom stereocenters. The highest BCUT2D eigenvalue weighted by atomic mass is 16.5. The molecular weight excluding hydrogens is 214 g/mol. The van der Waals surface area contributed by atoms with Crippen LogP contribution in [-0.2, 0) is 4.74 Å². The van der Waals surface area contributed by atoms with Crippen molar-refractivity contribution >= 4 is 0 Å². The van der Waals surface area contributed by atoms with E-state index in [0.717, 1.165) is 0 Å². The predicted octanol–water partition coefficient (Wildman–Crippen LogP) is -2.71. The van der Waals surface area contributed by atoms with Crippen LogP contribution in [0.15, 0.2) is 0 Å². The van der Waals surface area contributed by atoms with Crippen LogP contribution in [0.25, 0.3) is 0 Å². The molecule has 2 rings (SSSR count). The molecule has 2 heterocycles. The summed E-state index contributed by atoms with van der Waals surface area (Å²) in [4.78, 5) is 0. The highest BCUT2D eigenvalue weighted by Gasteiger charge is 2.52. The Bertz CT molecular complexity index is 243. The molecule has 0 radical (unpaired) electrons. The molecule has 2 aliphatic rings. The Morgan fingerprint density at radius 3 is 2.25 bits per heavy atom. The molecule has 94 valence electrons. The van der Waals surface area contributed by atoms with Crippen LogP contribution >= 0.6 is 0 Å². The van der Waals surface area contributed by atoms with E-state index < -0.39 is 24.4 Å². The van der Waals surface area contributed by atoms with Gasteiger partial charge >= 0.3 is 0 Å². The fourth-order valence-corrected chi connectivity index (χ4v) is 2.90. The Balaban J connectivity index is 2.21. The normalized spacial score (nSPS) is 43.5. The minimum atomic E-state index is -1.16. The van der Waals surface area contributed by atoms with Crippen molar-refractivity contribution in [1.82, 2.24) is 0 Å². The molecule has 0 aromatic carbocycles. The molecule has 16 heavy (non-hydrogen) atoms. The summed E-state index contributed by atoms with van der Waals surface area (Å²) in [5.41, 5.74) is 0. The highest BCUT2D eigenvalue weighted by molar-refractivity contribution is 4.88. The lowest BCUT2D eigenvalue weighted by Crippen LogP contribution is -2.74. The number of rotatable bonds is 1. The molecule has 0 aromatic heterocycles. The predicted molar refractivity (Wildman–Crippen MR) is 54.6 cm³/mol. The zero-order chi connectivity index (χ0) is 11.8. The monoisotopic (exact) mass is 234 g/mol. The third kappa shape index (κ3) is 1.85. The molecule has 2 saturated heterocycles. The summed E-state index contributed by atoms with van der Waals surface area (Å²) in [6.45, 7) is 2.62. The fraction of sp³-hybridized carbons (Fsp3) is 1.00. The second-order valence-electron chi connectivity index (χ2n) is 4.76. The van der Waals surface area contributed by atoms with Crippen LogP contribution in [0, 0.1) is 0 Å². The van der Waals surface area contributed by atoms with E-state index in [9.17, 15) is 20.4 Å². The van der Waals surface area contributed by atoms with Gasteiger partial charge in [-0.2, -0.15) is 0 Å². The summed E-state index contributed by atoms with van der Waals surface area (Å²) in [6.07, 6.45) is -3.17. The molecular formula is C10H20NO5+. The van der Waals surface area contributed by atoms with E-state index in [0.29, 0.717) is 37.3 Å². The van der Waals surface area contributed by atoms with Crippen LogP contribution < -0.4 is 0 Å². The molecule has 0 aromatic rings. The average Bonchev–Trinajstić information content (AvgIpc) is 2.28. The van der Waals surface area contributed by atoms with E-state index in [4.69, 9.17) is 4.74 Å². The first-order valence-corrected chi connectivity index (χ1v) is 5.69. The Morgan fingerprint density at radius 2 is 1.69 bits per heavy atom. The SMILES string of the molecule is OC[C@@H]1[C@@H](O)[C@H](O)[C@@H](O)C[N+]12CCOCC2. The largest absolute Gasteiger partial charge is 0.390 e. The molecule has 0 amide bonds. The van der Waals surface area contributed by atoms with Crippen LogP contribution in [-0.4, -0.2) is 88.7 Å². The molecule has 2 fully saturated rings. The number of ether oxygens (including phenoxy) is 1. The Kier molecular flexibility index (Phi) is 3.48. The second kappa shape index (κ2) is 4.56. The lowest BCUT2D eigenvalue weighted by atomic mass is 9.90. The molecule has 0 aliphatic carbocycles. The van der Waals surface area contributed by atoms with Crippen molar-refractivity contribution in [2.75, 3.05) is 39.5 Å². The minimum Gasteiger partial charge on any atom is -0.390 e. The first-order valence-electron chi connectivity index (χ1n) is 5.69. The van der Waals surface area contributed by atoms with E-state index in [2.05, 4.69) is 0 Å². The van der Waals surface area contributed by atoms with Crippen molar-refractivity contribution in [3.63, 3.8) is 0 Å². The lowest BCUT2D eigenvalue weighted by Gasteiger charge is -2.53. The number of hydrogen-bond donors (Lipinski definition) is 4. The average molecular weight is 234 g/mol. The molecule has 6 heteroatoms. The van der Waals surface area contributed by atoms with Gasteiger partial charge in [-0.15, -0.1) is 0 Å². The summed E-state index contributed by atoms with van der Waals surface area (Å²) in [5, 5.41) is 38.6. The van der Waals surface area contributed by atoms with Gasteiger partial charge in [0.2, 0.25) is 0 Å². The Labute approximate surface area is 94.3 Å². The summed E-state index contributed by atoms with van der Waals surface area (Å²) < 4.78 is 5.70. The number of nitrogens with zero attached hydrogens (tertiary/aromatic N) is 1. The van der Waals surface area contributed by atoms with Gasteiger partial charge in [-0.05, 0) is 0 Å². The van der Waals surface area contributed by atoms with Gasteiger partial charge in [-0.25, -0.2) is 0 Å². The van der Waals surface area contributed by atoms with E-state index in [1.54, 1.807) is 0 Å². The van der Waals surface area contributed by atoms with Crippen LogP contribution in [0.2, 0.25) is 0 Å². The lowest BCUT2D eigenvalue weighted by molar-refractivity contribution is -0.969. The molecule has 4 N–H and O–H groups in total. The van der Waals surface area contributed by atoms with E-state index in [1.807, 2.05) is 0 Å². The van der Waals surface area contributed by atoms with Crippen molar-refractivity contribution in [1.29, 1.82) is 0 Å². The van der Waals surface area contributed by atoms with Gasteiger partial charge in [0.25, 0.3) is 0 Å². The smallest absolute Gasteiger partial charge is 0.141 e. The van der Waals surface area contributed by atoms with Crippen molar-refractivity contribution in [3.8, 4) is 0 Å². The number of aliphatic hydroxyl groups is 4. The fourth-order valence-electron chi connectivity index (χ4n) is 2.90. The summed E-state index contributed by atoms with van der Waals surface area (Å²) in [6, 6.07) is -0.428. The van der Waals surface area contributed by atoms with Crippen molar-refractivity contribution < 1.29 is 29.6 Å². The molecule has 0 bridgehead atoms. The van der Waals surface area contributed by atoms with Gasteiger partial charge in [-0.1, -0.05) is 0 Å². The molecule has 2 aliphatic heterocycles. The van der Waals surface area contributed by atoms with Gasteiger partial charge in [-0.3, -0.25) is 0 Å². The summed E-state index contributed by atoms with van der Waals surface area (Å²) in [5.74, 6) is 0. The number of morpholine rings is 1. The molecule has 4 atom stereocenters. The van der Waals surface area contributed by atoms with Crippen LogP contribution in [0.4, 0.5) is 0 Å². The maximum absolute atomic E-state index is 9.90. The van der Waals surface area contributed by atoms with Crippen molar-refractivity contribution in [3.05, 3.63) is 0 Å². The molecule has 6 nitrogen and oxygen atoms in total. The standard InChI is InChI=1S/C10H20NO5/c12-6-7-9(14)10(15)8(13)5-11(7)1-3-16-4-2-11/h7-10,12-15H,1-6H2/q+1/t7-,8+,9-,10-/m1/s1. The number of piperidine rings is 1. The quantitative estimate of drug-likeness (QED) is 0.370. The number of aliphatic hydroxyl groups excluding tert-OH is 4. The van der Waals surface area contributed by atoms with Crippen LogP contribution in [0.5, 0.6) is 0 Å². The third-order valence-corrected chi connectivity index (χ3v) is 3.94. The Morgan fingerprint density at radius 1 is 1.06 bits per heavy atom. The van der Waals surface area contributed by atoms with Crippen molar-refractivity contribution in [2.24, 2.45) is 0 Å². The van der Waals surface area contributed by atoms with Crippen molar-refractivity contribution in [2.45, 2.75) is 24.4 Å². The molecule has 0 saturated carbocycles. The topological polar surface area (TPSA) is 90.2 Å². The van der Waals surface area contributed by atoms with Gasteiger partial charge in [0, 0.05) is 0 Å². The van der Waals surface area contributed by atoms with Crippen LogP contribution in [0.1, 0.15) is 0 Å². The maximum Gasteiger partial charge on any atom is 0.141 e.